The Morgan fingerprint density at radius 2 is 2.10 bits per heavy atom. The lowest BCUT2D eigenvalue weighted by molar-refractivity contribution is 0.0943. The summed E-state index contributed by atoms with van der Waals surface area (Å²) in [6.45, 7) is 2.89. The zero-order valence-corrected chi connectivity index (χ0v) is 12.5. The van der Waals surface area contributed by atoms with Crippen molar-refractivity contribution in [1.82, 2.24) is 10.3 Å². The molecular weight excluding hydrogens is 262 g/mol. The Labute approximate surface area is 125 Å². The second kappa shape index (κ2) is 5.00. The number of aromatic nitrogens is 1. The highest BCUT2D eigenvalue weighted by molar-refractivity contribution is 5.99. The molecule has 3 fully saturated rings. The normalized spacial score (nSPS) is 23.1. The molecule has 3 aliphatic rings. The van der Waals surface area contributed by atoms with Gasteiger partial charge in [-0.3, -0.25) is 4.79 Å². The Hall–Kier alpha value is -1.58. The predicted octanol–water partition coefficient (Wildman–Crippen LogP) is 2.60. The van der Waals surface area contributed by atoms with Crippen LogP contribution in [0.5, 0.6) is 0 Å². The quantitative estimate of drug-likeness (QED) is 0.904. The third-order valence-corrected chi connectivity index (χ3v) is 5.37. The van der Waals surface area contributed by atoms with Gasteiger partial charge >= 0.3 is 0 Å². The lowest BCUT2D eigenvalue weighted by Crippen LogP contribution is -2.33. The Balaban J connectivity index is 1.46. The third-order valence-electron chi connectivity index (χ3n) is 5.37. The molecule has 21 heavy (non-hydrogen) atoms. The van der Waals surface area contributed by atoms with Crippen molar-refractivity contribution in [3.8, 4) is 0 Å². The number of anilines is 1. The number of nitrogens with one attached hydrogen (secondary N) is 1. The van der Waals surface area contributed by atoms with Gasteiger partial charge in [-0.2, -0.15) is 0 Å². The smallest absolute Gasteiger partial charge is 0.255 e. The van der Waals surface area contributed by atoms with Gasteiger partial charge < -0.3 is 10.2 Å². The van der Waals surface area contributed by atoms with Crippen LogP contribution >= 0.6 is 0 Å². The molecule has 4 rings (SSSR count). The van der Waals surface area contributed by atoms with Gasteiger partial charge in [0.1, 0.15) is 5.82 Å². The fraction of sp³-hybridized carbons (Fsp3) is 0.647. The van der Waals surface area contributed by atoms with Gasteiger partial charge in [0.15, 0.2) is 0 Å². The van der Waals surface area contributed by atoms with E-state index in [1.54, 1.807) is 6.20 Å². The van der Waals surface area contributed by atoms with Crippen LogP contribution in [-0.4, -0.2) is 30.5 Å². The summed E-state index contributed by atoms with van der Waals surface area (Å²) in [6.07, 6.45) is 9.50. The molecule has 1 saturated heterocycles. The summed E-state index contributed by atoms with van der Waals surface area (Å²) in [4.78, 5) is 19.3. The fourth-order valence-corrected chi connectivity index (χ4v) is 3.69. The molecule has 1 aromatic rings. The second-order valence-electron chi connectivity index (χ2n) is 6.89. The SMILES string of the molecule is O=C(NCC1(C2CC2)CC1)c1cccnc1N1CCCC1. The minimum atomic E-state index is 0.0527. The lowest BCUT2D eigenvalue weighted by atomic mass is 10.0. The maximum Gasteiger partial charge on any atom is 0.255 e. The Morgan fingerprint density at radius 1 is 1.33 bits per heavy atom. The van der Waals surface area contributed by atoms with Crippen LogP contribution in [0.15, 0.2) is 18.3 Å². The summed E-state index contributed by atoms with van der Waals surface area (Å²) in [5.74, 6) is 1.80. The minimum Gasteiger partial charge on any atom is -0.356 e. The van der Waals surface area contributed by atoms with Gasteiger partial charge in [-0.15, -0.1) is 0 Å². The molecule has 1 N–H and O–H groups in total. The van der Waals surface area contributed by atoms with E-state index in [0.29, 0.717) is 5.41 Å². The molecule has 0 unspecified atom stereocenters. The van der Waals surface area contributed by atoms with Crippen LogP contribution in [0.25, 0.3) is 0 Å². The van der Waals surface area contributed by atoms with E-state index < -0.39 is 0 Å². The molecule has 2 saturated carbocycles. The van der Waals surface area contributed by atoms with Gasteiger partial charge in [0.05, 0.1) is 5.56 Å². The van der Waals surface area contributed by atoms with E-state index in [1.165, 1.54) is 38.5 Å². The Kier molecular flexibility index (Phi) is 3.12. The number of carbonyl (C=O) groups excluding carboxylic acids is 1. The van der Waals surface area contributed by atoms with Crippen molar-refractivity contribution in [2.75, 3.05) is 24.5 Å². The molecule has 2 aliphatic carbocycles. The van der Waals surface area contributed by atoms with E-state index in [9.17, 15) is 4.79 Å². The van der Waals surface area contributed by atoms with Crippen LogP contribution in [0.4, 0.5) is 5.82 Å². The lowest BCUT2D eigenvalue weighted by Gasteiger charge is -2.20. The Morgan fingerprint density at radius 3 is 2.76 bits per heavy atom. The molecule has 4 nitrogen and oxygen atoms in total. The van der Waals surface area contributed by atoms with Gasteiger partial charge in [-0.1, -0.05) is 0 Å². The van der Waals surface area contributed by atoms with E-state index in [2.05, 4.69) is 15.2 Å². The third kappa shape index (κ3) is 2.52. The zero-order valence-electron chi connectivity index (χ0n) is 12.5. The first-order valence-corrected chi connectivity index (χ1v) is 8.27. The number of rotatable bonds is 5. The minimum absolute atomic E-state index is 0.0527. The number of hydrogen-bond acceptors (Lipinski definition) is 3. The van der Waals surface area contributed by atoms with Gasteiger partial charge in [0, 0.05) is 25.8 Å². The highest BCUT2D eigenvalue weighted by atomic mass is 16.1. The number of hydrogen-bond donors (Lipinski definition) is 1. The molecule has 0 spiro atoms. The van der Waals surface area contributed by atoms with Gasteiger partial charge in [-0.05, 0) is 62.0 Å². The molecule has 0 radical (unpaired) electrons. The van der Waals surface area contributed by atoms with E-state index in [0.717, 1.165) is 36.9 Å². The van der Waals surface area contributed by atoms with Crippen LogP contribution in [0, 0.1) is 11.3 Å². The average molecular weight is 285 g/mol. The monoisotopic (exact) mass is 285 g/mol. The largest absolute Gasteiger partial charge is 0.356 e. The van der Waals surface area contributed by atoms with Crippen LogP contribution in [0.3, 0.4) is 0 Å². The highest BCUT2D eigenvalue weighted by Gasteiger charge is 2.53. The van der Waals surface area contributed by atoms with Crippen LogP contribution in [0.1, 0.15) is 48.9 Å². The molecule has 1 aromatic heterocycles. The molecule has 0 atom stereocenters. The highest BCUT2D eigenvalue weighted by Crippen LogP contribution is 2.60. The summed E-state index contributed by atoms with van der Waals surface area (Å²) >= 11 is 0. The van der Waals surface area contributed by atoms with E-state index in [1.807, 2.05) is 12.1 Å². The first-order valence-electron chi connectivity index (χ1n) is 8.27. The van der Waals surface area contributed by atoms with Crippen molar-refractivity contribution in [3.05, 3.63) is 23.9 Å². The van der Waals surface area contributed by atoms with E-state index >= 15 is 0 Å². The standard InChI is InChI=1S/C17H23N3O/c21-16(19-12-17(7-8-17)13-5-6-13)14-4-3-9-18-15(14)20-10-1-2-11-20/h3-4,9,13H,1-2,5-8,10-12H2,(H,19,21). The van der Waals surface area contributed by atoms with Gasteiger partial charge in [-0.25, -0.2) is 4.98 Å². The van der Waals surface area contributed by atoms with Crippen LogP contribution in [-0.2, 0) is 0 Å². The molecular formula is C17H23N3O. The predicted molar refractivity (Wildman–Crippen MR) is 82.4 cm³/mol. The number of nitrogens with zero attached hydrogens (tertiary/aromatic N) is 2. The maximum atomic E-state index is 12.6. The van der Waals surface area contributed by atoms with Crippen molar-refractivity contribution < 1.29 is 4.79 Å². The molecule has 1 aliphatic heterocycles. The molecule has 112 valence electrons. The Bertz CT molecular complexity index is 543. The van der Waals surface area contributed by atoms with Crippen LogP contribution in [0.2, 0.25) is 0 Å². The first-order chi connectivity index (χ1) is 10.3. The fourth-order valence-electron chi connectivity index (χ4n) is 3.69. The van der Waals surface area contributed by atoms with Crippen molar-refractivity contribution in [1.29, 1.82) is 0 Å². The van der Waals surface area contributed by atoms with Crippen molar-refractivity contribution in [2.24, 2.45) is 11.3 Å². The van der Waals surface area contributed by atoms with Crippen molar-refractivity contribution in [3.63, 3.8) is 0 Å². The van der Waals surface area contributed by atoms with Gasteiger partial charge in [0.25, 0.3) is 5.91 Å². The summed E-state index contributed by atoms with van der Waals surface area (Å²) in [6, 6.07) is 3.77. The number of carbonyl (C=O) groups is 1. The molecule has 4 heteroatoms. The average Bonchev–Trinajstić information content (AvgIpc) is 3.43. The van der Waals surface area contributed by atoms with E-state index in [-0.39, 0.29) is 5.91 Å². The summed E-state index contributed by atoms with van der Waals surface area (Å²) < 4.78 is 0. The summed E-state index contributed by atoms with van der Waals surface area (Å²) in [5.41, 5.74) is 1.19. The summed E-state index contributed by atoms with van der Waals surface area (Å²) in [7, 11) is 0. The van der Waals surface area contributed by atoms with E-state index in [4.69, 9.17) is 0 Å². The van der Waals surface area contributed by atoms with Crippen molar-refractivity contribution >= 4 is 11.7 Å². The number of pyridine rings is 1. The molecule has 1 amide bonds. The topological polar surface area (TPSA) is 45.2 Å². The van der Waals surface area contributed by atoms with Crippen LogP contribution < -0.4 is 10.2 Å². The second-order valence-corrected chi connectivity index (χ2v) is 6.89. The van der Waals surface area contributed by atoms with Gasteiger partial charge in [0.2, 0.25) is 0 Å². The molecule has 0 aromatic carbocycles. The zero-order chi connectivity index (χ0) is 14.3. The van der Waals surface area contributed by atoms with Crippen molar-refractivity contribution in [2.45, 2.75) is 38.5 Å². The molecule has 0 bridgehead atoms. The number of amides is 1. The summed E-state index contributed by atoms with van der Waals surface area (Å²) in [5, 5.41) is 3.18. The first kappa shape index (κ1) is 13.1. The molecule has 2 heterocycles. The maximum absolute atomic E-state index is 12.6.